The summed E-state index contributed by atoms with van der Waals surface area (Å²) in [5.41, 5.74) is 0.103. The fourth-order valence-electron chi connectivity index (χ4n) is 1.44. The Balaban J connectivity index is 2.86. The zero-order valence-electron chi connectivity index (χ0n) is 8.08. The predicted molar refractivity (Wildman–Crippen MR) is 52.0 cm³/mol. The first kappa shape index (κ1) is 9.33. The standard InChI is InChI=1S/C8H9ClN4O/c1-8(2)4-5(10-12-8)7(14)13(3)11-6(4)9/h1-3H3. The van der Waals surface area contributed by atoms with E-state index in [1.165, 1.54) is 11.7 Å². The number of fused-ring (bicyclic) bond motifs is 1. The van der Waals surface area contributed by atoms with Crippen molar-refractivity contribution in [1.29, 1.82) is 0 Å². The van der Waals surface area contributed by atoms with Gasteiger partial charge in [0.1, 0.15) is 5.54 Å². The Kier molecular flexibility index (Phi) is 1.75. The predicted octanol–water partition coefficient (Wildman–Crippen LogP) is 1.77. The van der Waals surface area contributed by atoms with E-state index in [0.717, 1.165) is 0 Å². The summed E-state index contributed by atoms with van der Waals surface area (Å²) in [5, 5.41) is 12.0. The van der Waals surface area contributed by atoms with Crippen LogP contribution in [0.3, 0.4) is 0 Å². The quantitative estimate of drug-likeness (QED) is 0.658. The van der Waals surface area contributed by atoms with Crippen LogP contribution in [0.5, 0.6) is 0 Å². The van der Waals surface area contributed by atoms with Crippen molar-refractivity contribution in [2.75, 3.05) is 0 Å². The Morgan fingerprint density at radius 1 is 1.43 bits per heavy atom. The number of hydrogen-bond acceptors (Lipinski definition) is 4. The SMILES string of the molecule is Cn1nc(Cl)c2c(c1=O)N=NC2(C)C. The number of hydrogen-bond donors (Lipinski definition) is 0. The van der Waals surface area contributed by atoms with E-state index in [9.17, 15) is 4.79 Å². The summed E-state index contributed by atoms with van der Waals surface area (Å²) < 4.78 is 1.17. The molecule has 2 rings (SSSR count). The van der Waals surface area contributed by atoms with Crippen molar-refractivity contribution in [3.63, 3.8) is 0 Å². The van der Waals surface area contributed by atoms with E-state index in [2.05, 4.69) is 15.3 Å². The Bertz CT molecular complexity index is 489. The van der Waals surface area contributed by atoms with E-state index in [1.54, 1.807) is 0 Å². The molecule has 5 nitrogen and oxygen atoms in total. The third kappa shape index (κ3) is 1.09. The lowest BCUT2D eigenvalue weighted by molar-refractivity contribution is 0.549. The van der Waals surface area contributed by atoms with Crippen molar-refractivity contribution in [2.45, 2.75) is 19.4 Å². The fraction of sp³-hybridized carbons (Fsp3) is 0.500. The van der Waals surface area contributed by atoms with Gasteiger partial charge in [-0.05, 0) is 13.8 Å². The molecule has 2 heterocycles. The first-order valence-electron chi connectivity index (χ1n) is 4.13. The molecule has 0 amide bonds. The first-order chi connectivity index (χ1) is 6.43. The maximum atomic E-state index is 11.6. The minimum Gasteiger partial charge on any atom is -0.265 e. The molecule has 0 saturated heterocycles. The van der Waals surface area contributed by atoms with E-state index in [1.807, 2.05) is 13.8 Å². The first-order valence-corrected chi connectivity index (χ1v) is 4.51. The molecule has 0 aliphatic carbocycles. The largest absolute Gasteiger partial charge is 0.294 e. The van der Waals surface area contributed by atoms with E-state index in [-0.39, 0.29) is 10.7 Å². The molecular formula is C8H9ClN4O. The molecule has 1 aromatic heterocycles. The molecule has 0 bridgehead atoms. The van der Waals surface area contributed by atoms with Crippen LogP contribution in [0.15, 0.2) is 15.0 Å². The maximum absolute atomic E-state index is 11.6. The molecule has 6 heteroatoms. The number of nitrogens with zero attached hydrogens (tertiary/aromatic N) is 4. The molecule has 74 valence electrons. The van der Waals surface area contributed by atoms with Crippen LogP contribution in [0, 0.1) is 0 Å². The fourth-order valence-corrected chi connectivity index (χ4v) is 1.88. The highest BCUT2D eigenvalue weighted by Gasteiger charge is 2.34. The maximum Gasteiger partial charge on any atom is 0.294 e. The summed E-state index contributed by atoms with van der Waals surface area (Å²) >= 11 is 5.94. The van der Waals surface area contributed by atoms with Gasteiger partial charge >= 0.3 is 0 Å². The average molecular weight is 213 g/mol. The smallest absolute Gasteiger partial charge is 0.265 e. The van der Waals surface area contributed by atoms with Crippen molar-refractivity contribution in [3.8, 4) is 0 Å². The summed E-state index contributed by atoms with van der Waals surface area (Å²) in [6, 6.07) is 0. The van der Waals surface area contributed by atoms with Gasteiger partial charge in [0.2, 0.25) is 0 Å². The van der Waals surface area contributed by atoms with Crippen LogP contribution < -0.4 is 5.56 Å². The lowest BCUT2D eigenvalue weighted by Gasteiger charge is -2.14. The summed E-state index contributed by atoms with van der Waals surface area (Å²) in [7, 11) is 1.54. The molecule has 0 spiro atoms. The zero-order chi connectivity index (χ0) is 10.5. The minimum atomic E-state index is -0.549. The second kappa shape index (κ2) is 2.63. The summed E-state index contributed by atoms with van der Waals surface area (Å²) in [4.78, 5) is 11.6. The number of aromatic nitrogens is 2. The number of halogens is 1. The van der Waals surface area contributed by atoms with Crippen molar-refractivity contribution in [2.24, 2.45) is 17.3 Å². The Labute approximate surface area is 85.4 Å². The molecule has 1 aromatic rings. The van der Waals surface area contributed by atoms with Crippen LogP contribution in [0.4, 0.5) is 5.69 Å². The molecule has 14 heavy (non-hydrogen) atoms. The Morgan fingerprint density at radius 2 is 2.07 bits per heavy atom. The van der Waals surface area contributed by atoms with E-state index < -0.39 is 5.54 Å². The molecule has 1 aliphatic heterocycles. The minimum absolute atomic E-state index is 0.265. The summed E-state index contributed by atoms with van der Waals surface area (Å²) in [6.07, 6.45) is 0. The van der Waals surface area contributed by atoms with Crippen LogP contribution in [0.1, 0.15) is 19.4 Å². The van der Waals surface area contributed by atoms with Crippen LogP contribution in [0.2, 0.25) is 5.15 Å². The topological polar surface area (TPSA) is 59.6 Å². The molecule has 0 N–H and O–H groups in total. The molecule has 1 aliphatic rings. The van der Waals surface area contributed by atoms with Gasteiger partial charge < -0.3 is 0 Å². The number of rotatable bonds is 0. The molecule has 0 aromatic carbocycles. The highest BCUT2D eigenvalue weighted by molar-refractivity contribution is 6.30. The van der Waals surface area contributed by atoms with Crippen LogP contribution >= 0.6 is 11.6 Å². The van der Waals surface area contributed by atoms with Crippen molar-refractivity contribution < 1.29 is 0 Å². The van der Waals surface area contributed by atoms with E-state index in [4.69, 9.17) is 11.6 Å². The average Bonchev–Trinajstić information content (AvgIpc) is 2.38. The lowest BCUT2D eigenvalue weighted by Crippen LogP contribution is -2.23. The van der Waals surface area contributed by atoms with Gasteiger partial charge in [-0.1, -0.05) is 11.6 Å². The van der Waals surface area contributed by atoms with Gasteiger partial charge in [-0.2, -0.15) is 10.2 Å². The van der Waals surface area contributed by atoms with Gasteiger partial charge in [0.15, 0.2) is 10.8 Å². The second-order valence-electron chi connectivity index (χ2n) is 3.70. The van der Waals surface area contributed by atoms with E-state index >= 15 is 0 Å². The highest BCUT2D eigenvalue weighted by atomic mass is 35.5. The van der Waals surface area contributed by atoms with Gasteiger partial charge in [0, 0.05) is 7.05 Å². The van der Waals surface area contributed by atoms with Gasteiger partial charge in [-0.25, -0.2) is 4.68 Å². The molecule has 0 radical (unpaired) electrons. The molecule has 0 fully saturated rings. The second-order valence-corrected chi connectivity index (χ2v) is 4.06. The lowest BCUT2D eigenvalue weighted by atomic mass is 9.97. The monoisotopic (exact) mass is 212 g/mol. The normalized spacial score (nSPS) is 17.1. The molecular weight excluding hydrogens is 204 g/mol. The van der Waals surface area contributed by atoms with Crippen LogP contribution in [-0.2, 0) is 12.6 Å². The highest BCUT2D eigenvalue weighted by Crippen LogP contribution is 2.40. The molecule has 0 atom stereocenters. The van der Waals surface area contributed by atoms with Gasteiger partial charge in [0.25, 0.3) is 5.56 Å². The number of azo groups is 1. The van der Waals surface area contributed by atoms with Crippen molar-refractivity contribution in [1.82, 2.24) is 9.78 Å². The van der Waals surface area contributed by atoms with Crippen LogP contribution in [-0.4, -0.2) is 9.78 Å². The third-order valence-electron chi connectivity index (χ3n) is 2.19. The van der Waals surface area contributed by atoms with Crippen molar-refractivity contribution >= 4 is 17.3 Å². The molecule has 0 saturated carbocycles. The summed E-state index contributed by atoms with van der Waals surface area (Å²) in [6.45, 7) is 3.69. The van der Waals surface area contributed by atoms with Gasteiger partial charge in [-0.15, -0.1) is 5.11 Å². The summed E-state index contributed by atoms with van der Waals surface area (Å²) in [5.74, 6) is 0. The van der Waals surface area contributed by atoms with Crippen LogP contribution in [0.25, 0.3) is 0 Å². The Hall–Kier alpha value is -1.23. The third-order valence-corrected chi connectivity index (χ3v) is 2.45. The zero-order valence-corrected chi connectivity index (χ0v) is 8.83. The molecule has 0 unspecified atom stereocenters. The van der Waals surface area contributed by atoms with Gasteiger partial charge in [0.05, 0.1) is 5.56 Å². The number of aryl methyl sites for hydroxylation is 1. The van der Waals surface area contributed by atoms with Crippen molar-refractivity contribution in [3.05, 3.63) is 21.1 Å². The Morgan fingerprint density at radius 3 is 2.71 bits per heavy atom. The van der Waals surface area contributed by atoms with Gasteiger partial charge in [-0.3, -0.25) is 4.79 Å². The van der Waals surface area contributed by atoms with E-state index in [0.29, 0.717) is 11.3 Å².